The van der Waals surface area contributed by atoms with Crippen molar-refractivity contribution < 1.29 is 14.6 Å². The number of aliphatic hydroxyl groups excluding tert-OH is 1. The average Bonchev–Trinajstić information content (AvgIpc) is 2.64. The van der Waals surface area contributed by atoms with E-state index in [1.54, 1.807) is 0 Å². The van der Waals surface area contributed by atoms with Crippen LogP contribution >= 0.6 is 0 Å². The molecule has 0 aromatic rings. The number of ether oxygens (including phenoxy) is 1. The molecule has 0 aromatic heterocycles. The van der Waals surface area contributed by atoms with Crippen LogP contribution in [0.2, 0.25) is 0 Å². The summed E-state index contributed by atoms with van der Waals surface area (Å²) in [6.45, 7) is 4.48. The number of carbonyl (C=O) groups is 1. The van der Waals surface area contributed by atoms with Crippen LogP contribution in [-0.2, 0) is 9.53 Å². The van der Waals surface area contributed by atoms with Gasteiger partial charge in [-0.25, -0.2) is 0 Å². The second-order valence-corrected chi connectivity index (χ2v) is 3.69. The van der Waals surface area contributed by atoms with Gasteiger partial charge in [0.05, 0.1) is 12.1 Å². The Morgan fingerprint density at radius 3 is 3.07 bits per heavy atom. The number of hydrogen-bond acceptors (Lipinski definition) is 4. The highest BCUT2D eigenvalue weighted by atomic mass is 16.5. The third kappa shape index (κ3) is 4.59. The van der Waals surface area contributed by atoms with Crippen LogP contribution in [-0.4, -0.2) is 49.5 Å². The molecule has 0 radical (unpaired) electrons. The molecule has 1 fully saturated rings. The summed E-state index contributed by atoms with van der Waals surface area (Å²) in [7, 11) is 0. The molecule has 0 saturated carbocycles. The minimum atomic E-state index is -0.385. The second kappa shape index (κ2) is 6.76. The van der Waals surface area contributed by atoms with Crippen molar-refractivity contribution in [3.05, 3.63) is 0 Å². The summed E-state index contributed by atoms with van der Waals surface area (Å²) in [5.74, 6) is -0.0250. The molecule has 3 N–H and O–H groups in total. The molecule has 1 aliphatic rings. The Labute approximate surface area is 90.2 Å². The van der Waals surface area contributed by atoms with Crippen LogP contribution in [0.25, 0.3) is 0 Å². The third-order valence-corrected chi connectivity index (χ3v) is 2.39. The standard InChI is InChI=1S/C10H20N2O3/c1-2-15-5-3-4-11-10(14)9-6-8(13)7-12-9/h8-9,12-13H,2-7H2,1H3,(H,11,14). The number of hydrogen-bond donors (Lipinski definition) is 3. The van der Waals surface area contributed by atoms with Gasteiger partial charge in [0.25, 0.3) is 0 Å². The fraction of sp³-hybridized carbons (Fsp3) is 0.900. The van der Waals surface area contributed by atoms with Crippen LogP contribution in [0, 0.1) is 0 Å². The SMILES string of the molecule is CCOCCCNC(=O)C1CC(O)CN1. The highest BCUT2D eigenvalue weighted by molar-refractivity contribution is 5.82. The maximum Gasteiger partial charge on any atom is 0.237 e. The zero-order valence-electron chi connectivity index (χ0n) is 9.16. The first-order chi connectivity index (χ1) is 7.24. The predicted molar refractivity (Wildman–Crippen MR) is 56.5 cm³/mol. The van der Waals surface area contributed by atoms with Gasteiger partial charge >= 0.3 is 0 Å². The van der Waals surface area contributed by atoms with Crippen molar-refractivity contribution in [2.45, 2.75) is 31.9 Å². The maximum atomic E-state index is 11.5. The minimum absolute atomic E-state index is 0.0250. The summed E-state index contributed by atoms with van der Waals surface area (Å²) < 4.78 is 5.15. The number of rotatable bonds is 6. The molecule has 1 aliphatic heterocycles. The molecule has 1 heterocycles. The van der Waals surface area contributed by atoms with Crippen molar-refractivity contribution in [1.29, 1.82) is 0 Å². The van der Waals surface area contributed by atoms with Crippen LogP contribution < -0.4 is 10.6 Å². The Hall–Kier alpha value is -0.650. The Balaban J connectivity index is 2.03. The van der Waals surface area contributed by atoms with Crippen LogP contribution in [0.1, 0.15) is 19.8 Å². The van der Waals surface area contributed by atoms with E-state index in [0.29, 0.717) is 32.7 Å². The number of β-amino-alcohol motifs (C(OH)–C–C–N with tert-alkyl or cyclic N) is 1. The third-order valence-electron chi connectivity index (χ3n) is 2.39. The molecular formula is C10H20N2O3. The van der Waals surface area contributed by atoms with E-state index in [1.807, 2.05) is 6.92 Å². The normalized spacial score (nSPS) is 25.5. The summed E-state index contributed by atoms with van der Waals surface area (Å²) in [5.41, 5.74) is 0. The van der Waals surface area contributed by atoms with Gasteiger partial charge in [0.2, 0.25) is 5.91 Å². The van der Waals surface area contributed by atoms with Gasteiger partial charge in [-0.1, -0.05) is 0 Å². The summed E-state index contributed by atoms with van der Waals surface area (Å²) >= 11 is 0. The van der Waals surface area contributed by atoms with Crippen molar-refractivity contribution >= 4 is 5.91 Å². The van der Waals surface area contributed by atoms with E-state index in [2.05, 4.69) is 10.6 Å². The monoisotopic (exact) mass is 216 g/mol. The molecule has 1 saturated heterocycles. The summed E-state index contributed by atoms with van der Waals surface area (Å²) in [6.07, 6.45) is 0.954. The van der Waals surface area contributed by atoms with E-state index in [1.165, 1.54) is 0 Å². The molecule has 2 unspecified atom stereocenters. The number of aliphatic hydroxyl groups is 1. The topological polar surface area (TPSA) is 70.6 Å². The molecule has 1 rings (SSSR count). The molecule has 0 spiro atoms. The summed E-state index contributed by atoms with van der Waals surface area (Å²) in [6, 6.07) is -0.230. The number of nitrogens with one attached hydrogen (secondary N) is 2. The molecule has 5 heteroatoms. The van der Waals surface area contributed by atoms with E-state index < -0.39 is 0 Å². The zero-order chi connectivity index (χ0) is 11.1. The highest BCUT2D eigenvalue weighted by Crippen LogP contribution is 2.05. The number of amides is 1. The fourth-order valence-electron chi connectivity index (χ4n) is 1.57. The van der Waals surface area contributed by atoms with Crippen LogP contribution in [0.4, 0.5) is 0 Å². The molecular weight excluding hydrogens is 196 g/mol. The lowest BCUT2D eigenvalue weighted by Gasteiger charge is -2.10. The molecule has 5 nitrogen and oxygen atoms in total. The van der Waals surface area contributed by atoms with Crippen LogP contribution in [0.15, 0.2) is 0 Å². The van der Waals surface area contributed by atoms with E-state index in [4.69, 9.17) is 4.74 Å². The lowest BCUT2D eigenvalue weighted by Crippen LogP contribution is -2.40. The number of carbonyl (C=O) groups excluding carboxylic acids is 1. The fourth-order valence-corrected chi connectivity index (χ4v) is 1.57. The van der Waals surface area contributed by atoms with E-state index in [-0.39, 0.29) is 18.1 Å². The zero-order valence-corrected chi connectivity index (χ0v) is 9.16. The van der Waals surface area contributed by atoms with E-state index in [0.717, 1.165) is 6.42 Å². The maximum absolute atomic E-state index is 11.5. The quantitative estimate of drug-likeness (QED) is 0.511. The van der Waals surface area contributed by atoms with Crippen molar-refractivity contribution in [1.82, 2.24) is 10.6 Å². The van der Waals surface area contributed by atoms with Gasteiger partial charge in [-0.2, -0.15) is 0 Å². The van der Waals surface area contributed by atoms with Gasteiger partial charge in [0.1, 0.15) is 0 Å². The van der Waals surface area contributed by atoms with Crippen LogP contribution in [0.5, 0.6) is 0 Å². The van der Waals surface area contributed by atoms with Crippen LogP contribution in [0.3, 0.4) is 0 Å². The Bertz CT molecular complexity index is 199. The second-order valence-electron chi connectivity index (χ2n) is 3.69. The van der Waals surface area contributed by atoms with Gasteiger partial charge < -0.3 is 20.5 Å². The van der Waals surface area contributed by atoms with E-state index in [9.17, 15) is 9.90 Å². The molecule has 1 amide bonds. The molecule has 0 aliphatic carbocycles. The minimum Gasteiger partial charge on any atom is -0.392 e. The molecule has 0 aromatic carbocycles. The van der Waals surface area contributed by atoms with E-state index >= 15 is 0 Å². The highest BCUT2D eigenvalue weighted by Gasteiger charge is 2.27. The summed E-state index contributed by atoms with van der Waals surface area (Å²) in [4.78, 5) is 11.5. The smallest absolute Gasteiger partial charge is 0.237 e. The van der Waals surface area contributed by atoms with Crippen molar-refractivity contribution in [2.75, 3.05) is 26.3 Å². The van der Waals surface area contributed by atoms with Gasteiger partial charge in [-0.15, -0.1) is 0 Å². The Kier molecular flexibility index (Phi) is 5.60. The molecule has 15 heavy (non-hydrogen) atoms. The lowest BCUT2D eigenvalue weighted by molar-refractivity contribution is -0.122. The first-order valence-electron chi connectivity index (χ1n) is 5.51. The Morgan fingerprint density at radius 2 is 2.47 bits per heavy atom. The van der Waals surface area contributed by atoms with Crippen molar-refractivity contribution in [3.63, 3.8) is 0 Å². The average molecular weight is 216 g/mol. The van der Waals surface area contributed by atoms with Crippen molar-refractivity contribution in [3.8, 4) is 0 Å². The molecule has 2 atom stereocenters. The van der Waals surface area contributed by atoms with Gasteiger partial charge in [-0.3, -0.25) is 4.79 Å². The first kappa shape index (κ1) is 12.4. The predicted octanol–water partition coefficient (Wildman–Crippen LogP) is -0.748. The molecule has 0 bridgehead atoms. The Morgan fingerprint density at radius 1 is 1.67 bits per heavy atom. The summed E-state index contributed by atoms with van der Waals surface area (Å²) in [5, 5.41) is 15.0. The van der Waals surface area contributed by atoms with Crippen molar-refractivity contribution in [2.24, 2.45) is 0 Å². The first-order valence-corrected chi connectivity index (χ1v) is 5.51. The largest absolute Gasteiger partial charge is 0.392 e. The van der Waals surface area contributed by atoms with Gasteiger partial charge in [0.15, 0.2) is 0 Å². The molecule has 88 valence electrons. The van der Waals surface area contributed by atoms with Gasteiger partial charge in [-0.05, 0) is 19.8 Å². The van der Waals surface area contributed by atoms with Gasteiger partial charge in [0, 0.05) is 26.3 Å². The lowest BCUT2D eigenvalue weighted by atomic mass is 10.2.